The van der Waals surface area contributed by atoms with Crippen molar-refractivity contribution in [1.29, 1.82) is 0 Å². The summed E-state index contributed by atoms with van der Waals surface area (Å²) in [7, 11) is -1.74. The van der Waals surface area contributed by atoms with Gasteiger partial charge in [0.1, 0.15) is 5.58 Å². The van der Waals surface area contributed by atoms with Crippen LogP contribution in [0.2, 0.25) is 0 Å². The summed E-state index contributed by atoms with van der Waals surface area (Å²) in [4.78, 5) is 24.7. The molecule has 0 fully saturated rings. The van der Waals surface area contributed by atoms with E-state index in [2.05, 4.69) is 10.6 Å². The van der Waals surface area contributed by atoms with Gasteiger partial charge in [-0.3, -0.25) is 9.59 Å². The minimum atomic E-state index is -1.74. The Balaban J connectivity index is 1.72. The highest BCUT2D eigenvalue weighted by Gasteiger charge is 2.27. The summed E-state index contributed by atoms with van der Waals surface area (Å²) in [5, 5.41) is 25.7. The Morgan fingerprint density at radius 1 is 1.07 bits per heavy atom. The first-order valence-electron chi connectivity index (χ1n) is 9.46. The van der Waals surface area contributed by atoms with Gasteiger partial charge in [0.05, 0.1) is 18.6 Å². The number of hydrogen-bond acceptors (Lipinski definition) is 5. The number of nitrogens with one attached hydrogen (secondary N) is 2. The fourth-order valence-electron chi connectivity index (χ4n) is 3.24. The quantitative estimate of drug-likeness (QED) is 0.433. The van der Waals surface area contributed by atoms with E-state index >= 15 is 0 Å². The van der Waals surface area contributed by atoms with Gasteiger partial charge in [0.2, 0.25) is 5.91 Å². The van der Waals surface area contributed by atoms with E-state index in [1.165, 1.54) is 0 Å². The van der Waals surface area contributed by atoms with Gasteiger partial charge in [0, 0.05) is 17.5 Å². The van der Waals surface area contributed by atoms with Gasteiger partial charge in [0.25, 0.3) is 5.91 Å². The first kappa shape index (κ1) is 20.6. The molecule has 0 aliphatic rings. The highest BCUT2D eigenvalue weighted by molar-refractivity contribution is 6.43. The molecule has 0 saturated heterocycles. The summed E-state index contributed by atoms with van der Waals surface area (Å²) in [5.74, 6) is -1.58. The lowest BCUT2D eigenvalue weighted by Crippen LogP contribution is -2.48. The molecular formula is C21H23BN2O5. The molecule has 7 nitrogen and oxygen atoms in total. The molecule has 0 radical (unpaired) electrons. The normalized spacial score (nSPS) is 11.8. The Labute approximate surface area is 168 Å². The Morgan fingerprint density at radius 2 is 1.79 bits per heavy atom. The molecule has 1 atom stereocenters. The van der Waals surface area contributed by atoms with Crippen molar-refractivity contribution in [3.05, 3.63) is 71.5 Å². The standard InChI is InChI=1S/C21H23BN2O5/c1-2-23-21(26)17-9-4-3-7-14(17)12-20(25)24-19(22(27)28)11-15-13-29-18-10-6-5-8-16(15)18/h3-10,13,19,27-28H,2,11-12H2,1H3,(H,23,26)(H,24,25). The van der Waals surface area contributed by atoms with Crippen molar-refractivity contribution in [2.75, 3.05) is 6.54 Å². The fourth-order valence-corrected chi connectivity index (χ4v) is 3.24. The van der Waals surface area contributed by atoms with Crippen LogP contribution in [0, 0.1) is 0 Å². The van der Waals surface area contributed by atoms with Crippen molar-refractivity contribution >= 4 is 29.9 Å². The molecular weight excluding hydrogens is 371 g/mol. The van der Waals surface area contributed by atoms with Crippen LogP contribution in [0.1, 0.15) is 28.4 Å². The molecule has 3 aromatic rings. The van der Waals surface area contributed by atoms with Crippen LogP contribution in [0.25, 0.3) is 11.0 Å². The van der Waals surface area contributed by atoms with E-state index in [0.29, 0.717) is 23.3 Å². The predicted molar refractivity (Wildman–Crippen MR) is 110 cm³/mol. The van der Waals surface area contributed by atoms with Gasteiger partial charge < -0.3 is 25.1 Å². The third kappa shape index (κ3) is 5.04. The van der Waals surface area contributed by atoms with Crippen LogP contribution >= 0.6 is 0 Å². The first-order chi connectivity index (χ1) is 14.0. The molecule has 4 N–H and O–H groups in total. The Morgan fingerprint density at radius 3 is 2.55 bits per heavy atom. The lowest BCUT2D eigenvalue weighted by Gasteiger charge is -2.18. The molecule has 2 aromatic carbocycles. The molecule has 29 heavy (non-hydrogen) atoms. The smallest absolute Gasteiger partial charge is 0.464 e. The largest absolute Gasteiger partial charge is 0.475 e. The number of carbonyl (C=O) groups is 2. The number of rotatable bonds is 8. The summed E-state index contributed by atoms with van der Waals surface area (Å²) >= 11 is 0. The molecule has 0 aliphatic carbocycles. The lowest BCUT2D eigenvalue weighted by molar-refractivity contribution is -0.120. The number of benzene rings is 2. The van der Waals surface area contributed by atoms with Crippen LogP contribution in [-0.2, 0) is 17.6 Å². The van der Waals surface area contributed by atoms with Crippen LogP contribution in [0.4, 0.5) is 0 Å². The number of furan rings is 1. The molecule has 8 heteroatoms. The fraction of sp³-hybridized carbons (Fsp3) is 0.238. The van der Waals surface area contributed by atoms with Gasteiger partial charge in [-0.05, 0) is 36.6 Å². The highest BCUT2D eigenvalue weighted by atomic mass is 16.4. The third-order valence-corrected chi connectivity index (χ3v) is 4.66. The van der Waals surface area contributed by atoms with E-state index in [1.807, 2.05) is 31.2 Å². The Bertz CT molecular complexity index is 1000. The summed E-state index contributed by atoms with van der Waals surface area (Å²) < 4.78 is 5.47. The van der Waals surface area contributed by atoms with Gasteiger partial charge in [-0.2, -0.15) is 0 Å². The second-order valence-electron chi connectivity index (χ2n) is 6.74. The van der Waals surface area contributed by atoms with Gasteiger partial charge in [0.15, 0.2) is 0 Å². The zero-order chi connectivity index (χ0) is 20.8. The molecule has 0 saturated carbocycles. The maximum atomic E-state index is 12.6. The van der Waals surface area contributed by atoms with Crippen LogP contribution in [0.15, 0.2) is 59.2 Å². The van der Waals surface area contributed by atoms with Crippen molar-refractivity contribution in [1.82, 2.24) is 10.6 Å². The van der Waals surface area contributed by atoms with E-state index in [4.69, 9.17) is 4.42 Å². The topological polar surface area (TPSA) is 112 Å². The van der Waals surface area contributed by atoms with Crippen LogP contribution in [0.5, 0.6) is 0 Å². The molecule has 1 aromatic heterocycles. The van der Waals surface area contributed by atoms with Crippen molar-refractivity contribution in [2.24, 2.45) is 0 Å². The zero-order valence-corrected chi connectivity index (χ0v) is 16.1. The van der Waals surface area contributed by atoms with E-state index in [9.17, 15) is 19.6 Å². The SMILES string of the molecule is CCNC(=O)c1ccccc1CC(=O)NC(Cc1coc2ccccc12)B(O)O. The Hall–Kier alpha value is -3.10. The van der Waals surface area contributed by atoms with Gasteiger partial charge in [-0.25, -0.2) is 0 Å². The predicted octanol–water partition coefficient (Wildman–Crippen LogP) is 1.46. The number of para-hydroxylation sites is 1. The number of amides is 2. The zero-order valence-electron chi connectivity index (χ0n) is 16.1. The van der Waals surface area contributed by atoms with Crippen LogP contribution in [-0.4, -0.2) is 41.5 Å². The highest BCUT2D eigenvalue weighted by Crippen LogP contribution is 2.22. The molecule has 3 rings (SSSR count). The summed E-state index contributed by atoms with van der Waals surface area (Å²) in [6, 6.07) is 14.3. The van der Waals surface area contributed by atoms with E-state index in [1.54, 1.807) is 30.5 Å². The van der Waals surface area contributed by atoms with Gasteiger partial charge in [-0.1, -0.05) is 36.4 Å². The second-order valence-corrected chi connectivity index (χ2v) is 6.74. The first-order valence-corrected chi connectivity index (χ1v) is 9.46. The average molecular weight is 394 g/mol. The second kappa shape index (κ2) is 9.40. The molecule has 1 heterocycles. The molecule has 1 unspecified atom stereocenters. The third-order valence-electron chi connectivity index (χ3n) is 4.66. The van der Waals surface area contributed by atoms with Crippen molar-refractivity contribution in [2.45, 2.75) is 25.7 Å². The molecule has 2 amide bonds. The number of fused-ring (bicyclic) bond motifs is 1. The number of carbonyl (C=O) groups excluding carboxylic acids is 2. The maximum absolute atomic E-state index is 12.6. The molecule has 0 bridgehead atoms. The maximum Gasteiger partial charge on any atom is 0.475 e. The molecule has 0 spiro atoms. The van der Waals surface area contributed by atoms with Crippen molar-refractivity contribution in [3.63, 3.8) is 0 Å². The van der Waals surface area contributed by atoms with Crippen LogP contribution in [0.3, 0.4) is 0 Å². The van der Waals surface area contributed by atoms with Gasteiger partial charge in [-0.15, -0.1) is 0 Å². The van der Waals surface area contributed by atoms with Crippen LogP contribution < -0.4 is 10.6 Å². The minimum Gasteiger partial charge on any atom is -0.464 e. The van der Waals surface area contributed by atoms with E-state index < -0.39 is 19.0 Å². The summed E-state index contributed by atoms with van der Waals surface area (Å²) in [6.07, 6.45) is 1.69. The van der Waals surface area contributed by atoms with Gasteiger partial charge >= 0.3 is 7.12 Å². The van der Waals surface area contributed by atoms with E-state index in [0.717, 1.165) is 10.9 Å². The summed E-state index contributed by atoms with van der Waals surface area (Å²) in [5.41, 5.74) is 2.44. The lowest BCUT2D eigenvalue weighted by atomic mass is 9.75. The average Bonchev–Trinajstić information content (AvgIpc) is 3.11. The molecule has 150 valence electrons. The Kier molecular flexibility index (Phi) is 6.69. The molecule has 0 aliphatic heterocycles. The van der Waals surface area contributed by atoms with Crippen molar-refractivity contribution < 1.29 is 24.1 Å². The summed E-state index contributed by atoms with van der Waals surface area (Å²) in [6.45, 7) is 2.30. The van der Waals surface area contributed by atoms with E-state index in [-0.39, 0.29) is 18.7 Å². The minimum absolute atomic E-state index is 0.0529. The van der Waals surface area contributed by atoms with Crippen molar-refractivity contribution in [3.8, 4) is 0 Å². The monoisotopic (exact) mass is 394 g/mol. The number of hydrogen-bond donors (Lipinski definition) is 4.